The minimum Gasteiger partial charge on any atom is -0.489 e. The van der Waals surface area contributed by atoms with Gasteiger partial charge >= 0.3 is 11.9 Å². The zero-order valence-corrected chi connectivity index (χ0v) is 28.0. The minimum atomic E-state index is -0.616. The summed E-state index contributed by atoms with van der Waals surface area (Å²) < 4.78 is 23.1. The molecule has 6 nitrogen and oxygen atoms in total. The zero-order chi connectivity index (χ0) is 33.9. The number of aryl methyl sites for hydroxylation is 4. The normalized spacial score (nSPS) is 13.8. The van der Waals surface area contributed by atoms with Gasteiger partial charge < -0.3 is 18.9 Å². The van der Waals surface area contributed by atoms with Gasteiger partial charge in [0.2, 0.25) is 0 Å². The molecule has 4 aromatic carbocycles. The fraction of sp³-hybridized carbons (Fsp3) is 0.268. The van der Waals surface area contributed by atoms with Gasteiger partial charge in [0.1, 0.15) is 36.9 Å². The lowest BCUT2D eigenvalue weighted by molar-refractivity contribution is -0.144. The maximum atomic E-state index is 11.7. The average molecular weight is 631 g/mol. The first-order chi connectivity index (χ1) is 22.5. The summed E-state index contributed by atoms with van der Waals surface area (Å²) >= 11 is 0. The molecule has 5 rings (SSSR count). The SMILES string of the molecule is C=CC(=O)OC(C)COc1c(C)cc(C2(c3cc(C)c(OCC(C)OC(=O)C=C)c(C)c3)c3ccccc3-c3ccccc32)cc1C. The highest BCUT2D eigenvalue weighted by atomic mass is 16.6. The molecule has 0 spiro atoms. The topological polar surface area (TPSA) is 71.1 Å². The lowest BCUT2D eigenvalue weighted by atomic mass is 9.66. The molecule has 242 valence electrons. The van der Waals surface area contributed by atoms with Gasteiger partial charge in [0, 0.05) is 12.2 Å². The van der Waals surface area contributed by atoms with Crippen molar-refractivity contribution < 1.29 is 28.5 Å². The van der Waals surface area contributed by atoms with E-state index < -0.39 is 29.6 Å². The largest absolute Gasteiger partial charge is 0.489 e. The van der Waals surface area contributed by atoms with Crippen molar-refractivity contribution in [3.63, 3.8) is 0 Å². The molecule has 2 unspecified atom stereocenters. The molecule has 47 heavy (non-hydrogen) atoms. The first-order valence-corrected chi connectivity index (χ1v) is 15.9. The van der Waals surface area contributed by atoms with Crippen LogP contribution >= 0.6 is 0 Å². The molecule has 0 fully saturated rings. The average Bonchev–Trinajstić information content (AvgIpc) is 3.35. The van der Waals surface area contributed by atoms with Crippen molar-refractivity contribution in [1.29, 1.82) is 0 Å². The molecule has 0 N–H and O–H groups in total. The number of rotatable bonds is 12. The Bertz CT molecular complexity index is 1670. The molecule has 2 atom stereocenters. The van der Waals surface area contributed by atoms with Crippen LogP contribution in [0.3, 0.4) is 0 Å². The summed E-state index contributed by atoms with van der Waals surface area (Å²) in [6, 6.07) is 26.1. The van der Waals surface area contributed by atoms with Crippen LogP contribution in [0.1, 0.15) is 58.4 Å². The molecular formula is C41H42O6. The summed E-state index contributed by atoms with van der Waals surface area (Å²) in [5, 5.41) is 0. The Labute approximate surface area is 277 Å². The Hall–Kier alpha value is -5.10. The van der Waals surface area contributed by atoms with Crippen LogP contribution in [0.5, 0.6) is 11.5 Å². The van der Waals surface area contributed by atoms with E-state index in [0.717, 1.165) is 57.0 Å². The number of hydrogen-bond donors (Lipinski definition) is 0. The van der Waals surface area contributed by atoms with Crippen LogP contribution in [0, 0.1) is 27.7 Å². The lowest BCUT2D eigenvalue weighted by Crippen LogP contribution is -2.29. The first-order valence-electron chi connectivity index (χ1n) is 15.9. The number of fused-ring (bicyclic) bond motifs is 3. The number of benzene rings is 4. The van der Waals surface area contributed by atoms with Crippen molar-refractivity contribution in [1.82, 2.24) is 0 Å². The van der Waals surface area contributed by atoms with Crippen LogP contribution in [0.4, 0.5) is 0 Å². The summed E-state index contributed by atoms with van der Waals surface area (Å²) in [6.07, 6.45) is 1.45. The van der Waals surface area contributed by atoms with Crippen LogP contribution in [-0.4, -0.2) is 37.4 Å². The molecule has 0 heterocycles. The van der Waals surface area contributed by atoms with Crippen molar-refractivity contribution in [2.45, 2.75) is 59.2 Å². The number of carbonyl (C=O) groups excluding carboxylic acids is 2. The lowest BCUT2D eigenvalue weighted by Gasteiger charge is -2.35. The molecule has 0 aromatic heterocycles. The standard InChI is InChI=1S/C41H42O6/c1-9-37(42)46-29(7)23-44-39-25(3)19-31(20-26(39)4)41(35-17-13-11-15-33(35)34-16-12-14-18-36(34)41)32-21-27(5)40(28(6)22-32)45-24-30(8)47-38(43)10-2/h9-22,29-30H,1-2,23-24H2,3-8H3. The Morgan fingerprint density at radius 2 is 0.979 bits per heavy atom. The van der Waals surface area contributed by atoms with Crippen molar-refractivity contribution in [3.8, 4) is 22.6 Å². The Balaban J connectivity index is 1.63. The van der Waals surface area contributed by atoms with E-state index in [4.69, 9.17) is 18.9 Å². The number of carbonyl (C=O) groups is 2. The zero-order valence-electron chi connectivity index (χ0n) is 28.0. The van der Waals surface area contributed by atoms with E-state index in [1.165, 1.54) is 22.3 Å². The first kappa shape index (κ1) is 33.3. The summed E-state index contributed by atoms with van der Waals surface area (Å²) in [4.78, 5) is 23.4. The summed E-state index contributed by atoms with van der Waals surface area (Å²) in [6.45, 7) is 19.2. The van der Waals surface area contributed by atoms with E-state index in [-0.39, 0.29) is 13.2 Å². The Kier molecular flexibility index (Phi) is 9.71. The van der Waals surface area contributed by atoms with Crippen molar-refractivity contribution in [2.75, 3.05) is 13.2 Å². The molecule has 6 heteroatoms. The predicted octanol–water partition coefficient (Wildman–Crippen LogP) is 8.28. The van der Waals surface area contributed by atoms with Crippen LogP contribution < -0.4 is 9.47 Å². The van der Waals surface area contributed by atoms with Gasteiger partial charge in [-0.05, 0) is 97.2 Å². The van der Waals surface area contributed by atoms with Crippen LogP contribution in [0.2, 0.25) is 0 Å². The third kappa shape index (κ3) is 6.33. The molecule has 0 bridgehead atoms. The monoisotopic (exact) mass is 630 g/mol. The Morgan fingerprint density at radius 3 is 1.32 bits per heavy atom. The van der Waals surface area contributed by atoms with E-state index in [2.05, 4.69) is 114 Å². The summed E-state index contributed by atoms with van der Waals surface area (Å²) in [5.74, 6) is 0.593. The second-order valence-corrected chi connectivity index (χ2v) is 12.2. The fourth-order valence-electron chi connectivity index (χ4n) is 6.77. The molecular weight excluding hydrogens is 588 g/mol. The highest BCUT2D eigenvalue weighted by Crippen LogP contribution is 2.57. The number of hydrogen-bond acceptors (Lipinski definition) is 6. The molecule has 0 saturated carbocycles. The second kappa shape index (κ2) is 13.7. The number of esters is 2. The quantitative estimate of drug-likeness (QED) is 0.102. The molecule has 0 radical (unpaired) electrons. The molecule has 1 aliphatic rings. The highest BCUT2D eigenvalue weighted by Gasteiger charge is 2.46. The van der Waals surface area contributed by atoms with E-state index in [1.54, 1.807) is 13.8 Å². The predicted molar refractivity (Wildman–Crippen MR) is 185 cm³/mol. The van der Waals surface area contributed by atoms with E-state index in [1.807, 2.05) is 0 Å². The molecule has 0 aliphatic heterocycles. The van der Waals surface area contributed by atoms with Crippen molar-refractivity contribution in [2.24, 2.45) is 0 Å². The second-order valence-electron chi connectivity index (χ2n) is 12.2. The Morgan fingerprint density at radius 1 is 0.638 bits per heavy atom. The van der Waals surface area contributed by atoms with Gasteiger partial charge in [-0.2, -0.15) is 0 Å². The van der Waals surface area contributed by atoms with Gasteiger partial charge in [-0.1, -0.05) is 86.0 Å². The highest BCUT2D eigenvalue weighted by molar-refractivity contribution is 5.86. The minimum absolute atomic E-state index is 0.225. The molecule has 0 saturated heterocycles. The third-order valence-corrected chi connectivity index (χ3v) is 8.63. The van der Waals surface area contributed by atoms with E-state index >= 15 is 0 Å². The van der Waals surface area contributed by atoms with Crippen molar-refractivity contribution in [3.05, 3.63) is 143 Å². The summed E-state index contributed by atoms with van der Waals surface area (Å²) in [5.41, 5.74) is 10.4. The molecule has 4 aromatic rings. The maximum absolute atomic E-state index is 11.7. The summed E-state index contributed by atoms with van der Waals surface area (Å²) in [7, 11) is 0. The van der Waals surface area contributed by atoms with Gasteiger partial charge in [-0.3, -0.25) is 0 Å². The third-order valence-electron chi connectivity index (χ3n) is 8.63. The van der Waals surface area contributed by atoms with Gasteiger partial charge in [0.15, 0.2) is 0 Å². The van der Waals surface area contributed by atoms with Crippen molar-refractivity contribution >= 4 is 11.9 Å². The van der Waals surface area contributed by atoms with E-state index in [9.17, 15) is 9.59 Å². The van der Waals surface area contributed by atoms with Crippen LogP contribution in [-0.2, 0) is 24.5 Å². The van der Waals surface area contributed by atoms with E-state index in [0.29, 0.717) is 0 Å². The number of ether oxygens (including phenoxy) is 4. The van der Waals surface area contributed by atoms with Gasteiger partial charge in [0.25, 0.3) is 0 Å². The van der Waals surface area contributed by atoms with Gasteiger partial charge in [-0.15, -0.1) is 0 Å². The van der Waals surface area contributed by atoms with Crippen LogP contribution in [0.15, 0.2) is 98.1 Å². The van der Waals surface area contributed by atoms with Gasteiger partial charge in [0.05, 0.1) is 5.41 Å². The maximum Gasteiger partial charge on any atom is 0.330 e. The van der Waals surface area contributed by atoms with Crippen LogP contribution in [0.25, 0.3) is 11.1 Å². The molecule has 1 aliphatic carbocycles. The smallest absolute Gasteiger partial charge is 0.330 e. The van der Waals surface area contributed by atoms with Gasteiger partial charge in [-0.25, -0.2) is 9.59 Å². The molecule has 0 amide bonds. The fourth-order valence-corrected chi connectivity index (χ4v) is 6.77.